The Morgan fingerprint density at radius 3 is 2.38 bits per heavy atom. The highest BCUT2D eigenvalue weighted by molar-refractivity contribution is 6.15. The van der Waals surface area contributed by atoms with E-state index in [2.05, 4.69) is 10.2 Å². The molecule has 0 amide bonds. The fourth-order valence-electron chi connectivity index (χ4n) is 4.24. The maximum Gasteiger partial charge on any atom is 0.339 e. The minimum Gasteiger partial charge on any atom is -0.454 e. The molecule has 0 saturated heterocycles. The first-order valence-corrected chi connectivity index (χ1v) is 10.2. The van der Waals surface area contributed by atoms with Crippen molar-refractivity contribution in [2.45, 2.75) is 40.2 Å². The number of hydrogen-bond donors (Lipinski definition) is 0. The molecule has 3 aromatic rings. The summed E-state index contributed by atoms with van der Waals surface area (Å²) in [6, 6.07) is 7.65. The zero-order valence-electron chi connectivity index (χ0n) is 18.1. The maximum atomic E-state index is 11.5. The molecule has 0 N–H and O–H groups in total. The SMILES string of the molecule is Cc1nnc(N2N=C(c3cc(C)c([N+](=O)[O-])c(C)c3)c3cc4c(cc3CC2C)OCO4)o1. The molecule has 0 bridgehead atoms. The summed E-state index contributed by atoms with van der Waals surface area (Å²) in [5.74, 6) is 1.77. The average Bonchev–Trinajstić information content (AvgIpc) is 3.32. The van der Waals surface area contributed by atoms with Crippen molar-refractivity contribution in [3.63, 3.8) is 0 Å². The van der Waals surface area contributed by atoms with Crippen LogP contribution in [0.4, 0.5) is 11.7 Å². The molecule has 0 fully saturated rings. The summed E-state index contributed by atoms with van der Waals surface area (Å²) >= 11 is 0. The van der Waals surface area contributed by atoms with Gasteiger partial charge >= 0.3 is 6.01 Å². The molecule has 2 aliphatic rings. The second-order valence-corrected chi connectivity index (χ2v) is 8.03. The van der Waals surface area contributed by atoms with Crippen molar-refractivity contribution in [3.8, 4) is 11.5 Å². The number of hydrazone groups is 1. The second kappa shape index (κ2) is 7.33. The first-order chi connectivity index (χ1) is 15.3. The quantitative estimate of drug-likeness (QED) is 0.450. The van der Waals surface area contributed by atoms with Gasteiger partial charge < -0.3 is 13.9 Å². The molecule has 0 spiro atoms. The van der Waals surface area contributed by atoms with E-state index in [9.17, 15) is 10.1 Å². The molecule has 5 rings (SSSR count). The fraction of sp³-hybridized carbons (Fsp3) is 0.318. The van der Waals surface area contributed by atoms with Gasteiger partial charge in [-0.05, 0) is 57.0 Å². The lowest BCUT2D eigenvalue weighted by Gasteiger charge is -2.20. The third-order valence-electron chi connectivity index (χ3n) is 5.65. The number of hydrogen-bond acceptors (Lipinski definition) is 9. The van der Waals surface area contributed by atoms with Gasteiger partial charge in [0, 0.05) is 29.2 Å². The van der Waals surface area contributed by atoms with E-state index in [1.54, 1.807) is 37.9 Å². The molecule has 32 heavy (non-hydrogen) atoms. The van der Waals surface area contributed by atoms with Crippen LogP contribution in [0.25, 0.3) is 0 Å². The van der Waals surface area contributed by atoms with Gasteiger partial charge in [-0.3, -0.25) is 10.1 Å². The molecule has 10 nitrogen and oxygen atoms in total. The molecule has 1 unspecified atom stereocenters. The van der Waals surface area contributed by atoms with Crippen LogP contribution in [0, 0.1) is 30.9 Å². The molecule has 1 aromatic heterocycles. The van der Waals surface area contributed by atoms with E-state index in [1.165, 1.54) is 0 Å². The molecule has 0 radical (unpaired) electrons. The lowest BCUT2D eigenvalue weighted by atomic mass is 9.92. The maximum absolute atomic E-state index is 11.5. The van der Waals surface area contributed by atoms with E-state index in [4.69, 9.17) is 19.0 Å². The van der Waals surface area contributed by atoms with Crippen LogP contribution < -0.4 is 14.5 Å². The topological polar surface area (TPSA) is 116 Å². The van der Waals surface area contributed by atoms with Crippen LogP contribution in [0.5, 0.6) is 11.5 Å². The summed E-state index contributed by atoms with van der Waals surface area (Å²) in [5.41, 5.74) is 4.51. The van der Waals surface area contributed by atoms with Crippen LogP contribution >= 0.6 is 0 Å². The van der Waals surface area contributed by atoms with Crippen LogP contribution in [-0.2, 0) is 6.42 Å². The molecule has 2 aromatic carbocycles. The van der Waals surface area contributed by atoms with Crippen molar-refractivity contribution < 1.29 is 18.8 Å². The molecule has 1 atom stereocenters. The molecule has 0 aliphatic carbocycles. The van der Waals surface area contributed by atoms with E-state index in [0.717, 1.165) is 16.7 Å². The Balaban J connectivity index is 1.74. The van der Waals surface area contributed by atoms with Crippen LogP contribution in [0.2, 0.25) is 0 Å². The monoisotopic (exact) mass is 435 g/mol. The molecule has 2 aliphatic heterocycles. The van der Waals surface area contributed by atoms with Crippen molar-refractivity contribution in [2.24, 2.45) is 5.10 Å². The number of aromatic nitrogens is 2. The first kappa shape index (κ1) is 20.0. The summed E-state index contributed by atoms with van der Waals surface area (Å²) in [4.78, 5) is 11.1. The summed E-state index contributed by atoms with van der Waals surface area (Å²) in [7, 11) is 0. The summed E-state index contributed by atoms with van der Waals surface area (Å²) in [6.07, 6.45) is 0.644. The van der Waals surface area contributed by atoms with Gasteiger partial charge in [-0.1, -0.05) is 5.10 Å². The largest absolute Gasteiger partial charge is 0.454 e. The molecule has 164 valence electrons. The number of anilines is 1. The molecular weight excluding hydrogens is 414 g/mol. The van der Waals surface area contributed by atoms with Crippen molar-refractivity contribution in [3.05, 3.63) is 68.1 Å². The van der Waals surface area contributed by atoms with Crippen LogP contribution in [0.15, 0.2) is 33.8 Å². The zero-order valence-corrected chi connectivity index (χ0v) is 18.1. The Morgan fingerprint density at radius 1 is 1.06 bits per heavy atom. The minimum atomic E-state index is -0.356. The minimum absolute atomic E-state index is 0.0910. The Labute approximate surface area is 183 Å². The zero-order chi connectivity index (χ0) is 22.6. The lowest BCUT2D eigenvalue weighted by Crippen LogP contribution is -2.29. The lowest BCUT2D eigenvalue weighted by molar-refractivity contribution is -0.386. The number of nitro groups is 1. The highest BCUT2D eigenvalue weighted by Crippen LogP contribution is 2.38. The number of aryl methyl sites for hydroxylation is 3. The van der Waals surface area contributed by atoms with Gasteiger partial charge in [0.25, 0.3) is 5.69 Å². The summed E-state index contributed by atoms with van der Waals surface area (Å²) in [5, 5.41) is 26.2. The number of nitrogens with zero attached hydrogens (tertiary/aromatic N) is 5. The third kappa shape index (κ3) is 3.24. The fourth-order valence-corrected chi connectivity index (χ4v) is 4.24. The highest BCUT2D eigenvalue weighted by Gasteiger charge is 2.30. The Morgan fingerprint density at radius 2 is 1.75 bits per heavy atom. The van der Waals surface area contributed by atoms with E-state index in [1.807, 2.05) is 19.1 Å². The van der Waals surface area contributed by atoms with Gasteiger partial charge in [-0.15, -0.1) is 5.10 Å². The number of rotatable bonds is 3. The second-order valence-electron chi connectivity index (χ2n) is 8.03. The first-order valence-electron chi connectivity index (χ1n) is 10.2. The smallest absolute Gasteiger partial charge is 0.339 e. The predicted octanol–water partition coefficient (Wildman–Crippen LogP) is 3.84. The number of fused-ring (bicyclic) bond motifs is 2. The van der Waals surface area contributed by atoms with Gasteiger partial charge in [0.1, 0.15) is 0 Å². The Bertz CT molecular complexity index is 1260. The van der Waals surface area contributed by atoms with Gasteiger partial charge in [0.05, 0.1) is 16.7 Å². The standard InChI is InChI=1S/C22H21N5O5/c1-11-5-16(6-12(2)21(11)27(28)29)20-17-9-19-18(30-10-31-19)8-15(17)7-13(3)26(25-20)22-24-23-14(4)32-22/h5-6,8-9,13H,7,10H2,1-4H3. The highest BCUT2D eigenvalue weighted by atomic mass is 16.7. The predicted molar refractivity (Wildman–Crippen MR) is 115 cm³/mol. The summed E-state index contributed by atoms with van der Waals surface area (Å²) in [6.45, 7) is 7.37. The Kier molecular flexibility index (Phi) is 4.58. The van der Waals surface area contributed by atoms with Crippen LogP contribution in [0.3, 0.4) is 0 Å². The number of ether oxygens (including phenoxy) is 2. The average molecular weight is 435 g/mol. The molecule has 10 heteroatoms. The van der Waals surface area contributed by atoms with Crippen LogP contribution in [0.1, 0.15) is 40.6 Å². The van der Waals surface area contributed by atoms with E-state index < -0.39 is 0 Å². The van der Waals surface area contributed by atoms with E-state index in [0.29, 0.717) is 40.6 Å². The van der Waals surface area contributed by atoms with Crippen molar-refractivity contribution in [1.82, 2.24) is 10.2 Å². The third-order valence-corrected chi connectivity index (χ3v) is 5.65. The van der Waals surface area contributed by atoms with Crippen molar-refractivity contribution in [1.29, 1.82) is 0 Å². The van der Waals surface area contributed by atoms with E-state index in [-0.39, 0.29) is 29.5 Å². The van der Waals surface area contributed by atoms with Crippen molar-refractivity contribution in [2.75, 3.05) is 11.8 Å². The van der Waals surface area contributed by atoms with Gasteiger partial charge in [-0.25, -0.2) is 5.01 Å². The molecule has 0 saturated carbocycles. The molecule has 3 heterocycles. The number of nitro benzene ring substituents is 1. The Hall–Kier alpha value is -3.95. The van der Waals surface area contributed by atoms with Gasteiger partial charge in [0.2, 0.25) is 12.7 Å². The van der Waals surface area contributed by atoms with Crippen LogP contribution in [-0.4, -0.2) is 33.7 Å². The molecular formula is C22H21N5O5. The summed E-state index contributed by atoms with van der Waals surface area (Å²) < 4.78 is 16.9. The number of benzene rings is 2. The van der Waals surface area contributed by atoms with E-state index >= 15 is 0 Å². The van der Waals surface area contributed by atoms with Gasteiger partial charge in [0.15, 0.2) is 11.5 Å². The normalized spacial score (nSPS) is 17.1. The van der Waals surface area contributed by atoms with Gasteiger partial charge in [-0.2, -0.15) is 5.10 Å². The van der Waals surface area contributed by atoms with Crippen molar-refractivity contribution >= 4 is 17.4 Å².